The lowest BCUT2D eigenvalue weighted by Gasteiger charge is -2.24. The number of rotatable bonds is 4. The molecule has 0 amide bonds. The molecular formula is C22H23FO2. The van der Waals surface area contributed by atoms with Gasteiger partial charge in [0.1, 0.15) is 11.6 Å². The molecule has 1 saturated carbocycles. The average molecular weight is 338 g/mol. The van der Waals surface area contributed by atoms with Gasteiger partial charge in [-0.05, 0) is 73.6 Å². The number of hydrogen-bond donors (Lipinski definition) is 1. The minimum Gasteiger partial charge on any atom is -0.511 e. The molecule has 0 spiro atoms. The van der Waals surface area contributed by atoms with Crippen LogP contribution in [0.1, 0.15) is 38.7 Å². The standard InChI is InChI=1S/C22H23FO2/c1-4-13(2)19(10-14(3)15-6-5-7-18(23)12-15)20-21(24)16-8-9-17(11-16)22(20)25/h4-7,10,12,16-17,24H,3,8-9,11H2,1-2H3/b13-4-,19-10+/t16-,17+/m0/s1. The highest BCUT2D eigenvalue weighted by Gasteiger charge is 2.41. The monoisotopic (exact) mass is 338 g/mol. The summed E-state index contributed by atoms with van der Waals surface area (Å²) in [5.41, 5.74) is 3.28. The lowest BCUT2D eigenvalue weighted by molar-refractivity contribution is -0.119. The van der Waals surface area contributed by atoms with Crippen molar-refractivity contribution in [2.24, 2.45) is 11.8 Å². The van der Waals surface area contributed by atoms with Crippen molar-refractivity contribution in [3.05, 3.63) is 76.9 Å². The Balaban J connectivity index is 2.08. The highest BCUT2D eigenvalue weighted by molar-refractivity contribution is 6.04. The van der Waals surface area contributed by atoms with Gasteiger partial charge < -0.3 is 5.11 Å². The predicted octanol–water partition coefficient (Wildman–Crippen LogP) is 5.54. The maximum Gasteiger partial charge on any atom is 0.169 e. The van der Waals surface area contributed by atoms with Crippen LogP contribution in [0.25, 0.3) is 5.57 Å². The minimum atomic E-state index is -0.329. The van der Waals surface area contributed by atoms with Gasteiger partial charge in [0.05, 0.1) is 5.57 Å². The Kier molecular flexibility index (Phi) is 4.76. The van der Waals surface area contributed by atoms with Crippen LogP contribution in [0.4, 0.5) is 4.39 Å². The SMILES string of the molecule is C=C(/C=C(C1=C(O)[C@H]2CC[C@H](C2)C1=O)\C(C)=C/C)c1cccc(F)c1. The van der Waals surface area contributed by atoms with Gasteiger partial charge in [0.25, 0.3) is 0 Å². The quantitative estimate of drug-likeness (QED) is 0.732. The molecule has 2 bridgehead atoms. The second-order valence-corrected chi connectivity index (χ2v) is 6.90. The lowest BCUT2D eigenvalue weighted by atomic mass is 9.80. The van der Waals surface area contributed by atoms with Crippen LogP contribution in [0.2, 0.25) is 0 Å². The van der Waals surface area contributed by atoms with E-state index in [0.717, 1.165) is 24.8 Å². The molecule has 0 aliphatic heterocycles. The molecule has 2 aliphatic carbocycles. The van der Waals surface area contributed by atoms with Crippen molar-refractivity contribution >= 4 is 11.4 Å². The summed E-state index contributed by atoms with van der Waals surface area (Å²) in [5, 5.41) is 10.7. The molecule has 0 heterocycles. The van der Waals surface area contributed by atoms with E-state index in [1.807, 2.05) is 19.9 Å². The molecule has 0 aromatic heterocycles. The number of aliphatic hydroxyl groups is 1. The number of carbonyl (C=O) groups is 1. The number of hydrogen-bond acceptors (Lipinski definition) is 2. The summed E-state index contributed by atoms with van der Waals surface area (Å²) in [6.07, 6.45) is 6.15. The number of fused-ring (bicyclic) bond motifs is 2. The van der Waals surface area contributed by atoms with Gasteiger partial charge in [-0.15, -0.1) is 0 Å². The fourth-order valence-corrected chi connectivity index (χ4v) is 3.76. The normalized spacial score (nSPS) is 24.0. The number of halogens is 1. The Morgan fingerprint density at radius 2 is 2.04 bits per heavy atom. The third-order valence-electron chi connectivity index (χ3n) is 5.33. The van der Waals surface area contributed by atoms with Crippen molar-refractivity contribution < 1.29 is 14.3 Å². The van der Waals surface area contributed by atoms with Crippen LogP contribution in [0.3, 0.4) is 0 Å². The lowest BCUT2D eigenvalue weighted by Crippen LogP contribution is -2.23. The molecule has 1 N–H and O–H groups in total. The second kappa shape index (κ2) is 6.83. The van der Waals surface area contributed by atoms with Crippen LogP contribution < -0.4 is 0 Å². The highest BCUT2D eigenvalue weighted by Crippen LogP contribution is 2.45. The highest BCUT2D eigenvalue weighted by atomic mass is 19.1. The summed E-state index contributed by atoms with van der Waals surface area (Å²) in [6.45, 7) is 7.84. The Labute approximate surface area is 148 Å². The molecule has 130 valence electrons. The van der Waals surface area contributed by atoms with E-state index in [2.05, 4.69) is 6.58 Å². The van der Waals surface area contributed by atoms with E-state index in [0.29, 0.717) is 22.3 Å². The van der Waals surface area contributed by atoms with E-state index in [9.17, 15) is 14.3 Å². The molecule has 0 unspecified atom stereocenters. The first-order chi connectivity index (χ1) is 11.9. The third-order valence-corrected chi connectivity index (χ3v) is 5.33. The van der Waals surface area contributed by atoms with Gasteiger partial charge in [0.15, 0.2) is 5.78 Å². The zero-order chi connectivity index (χ0) is 18.1. The topological polar surface area (TPSA) is 37.3 Å². The van der Waals surface area contributed by atoms with Gasteiger partial charge in [-0.25, -0.2) is 4.39 Å². The van der Waals surface area contributed by atoms with Crippen LogP contribution in [0.15, 0.2) is 65.5 Å². The molecular weight excluding hydrogens is 315 g/mol. The minimum absolute atomic E-state index is 0.00592. The van der Waals surface area contributed by atoms with Gasteiger partial charge in [-0.3, -0.25) is 4.79 Å². The molecule has 3 rings (SSSR count). The number of ketones is 1. The van der Waals surface area contributed by atoms with Gasteiger partial charge >= 0.3 is 0 Å². The number of carbonyl (C=O) groups excluding carboxylic acids is 1. The molecule has 2 aliphatic rings. The van der Waals surface area contributed by atoms with E-state index in [1.165, 1.54) is 12.1 Å². The summed E-state index contributed by atoms with van der Waals surface area (Å²) >= 11 is 0. The van der Waals surface area contributed by atoms with Crippen LogP contribution in [-0.2, 0) is 4.79 Å². The van der Waals surface area contributed by atoms with Crippen molar-refractivity contribution in [1.29, 1.82) is 0 Å². The zero-order valence-corrected chi connectivity index (χ0v) is 14.7. The fourth-order valence-electron chi connectivity index (χ4n) is 3.76. The molecule has 25 heavy (non-hydrogen) atoms. The van der Waals surface area contributed by atoms with Gasteiger partial charge in [0.2, 0.25) is 0 Å². The molecule has 1 aromatic carbocycles. The molecule has 1 aromatic rings. The maximum atomic E-state index is 13.5. The van der Waals surface area contributed by atoms with Gasteiger partial charge in [-0.1, -0.05) is 24.8 Å². The van der Waals surface area contributed by atoms with Crippen molar-refractivity contribution in [3.63, 3.8) is 0 Å². The Bertz CT molecular complexity index is 826. The first-order valence-electron chi connectivity index (χ1n) is 8.70. The number of aliphatic hydroxyl groups excluding tert-OH is 1. The van der Waals surface area contributed by atoms with Gasteiger partial charge in [-0.2, -0.15) is 0 Å². The summed E-state index contributed by atoms with van der Waals surface area (Å²) in [7, 11) is 0. The second-order valence-electron chi connectivity index (χ2n) is 6.90. The van der Waals surface area contributed by atoms with Crippen LogP contribution in [0.5, 0.6) is 0 Å². The molecule has 2 nitrogen and oxygen atoms in total. The van der Waals surface area contributed by atoms with E-state index < -0.39 is 0 Å². The number of benzene rings is 1. The van der Waals surface area contributed by atoms with E-state index in [1.54, 1.807) is 18.2 Å². The van der Waals surface area contributed by atoms with Crippen molar-refractivity contribution in [2.45, 2.75) is 33.1 Å². The fraction of sp³-hybridized carbons (Fsp3) is 0.318. The number of Topliss-reactive ketones (excluding diaryl/α,β-unsaturated/α-hetero) is 1. The molecule has 0 radical (unpaired) electrons. The summed E-state index contributed by atoms with van der Waals surface area (Å²) in [6, 6.07) is 6.22. The predicted molar refractivity (Wildman–Crippen MR) is 98.4 cm³/mol. The summed E-state index contributed by atoms with van der Waals surface area (Å²) < 4.78 is 13.5. The smallest absolute Gasteiger partial charge is 0.169 e. The molecule has 1 fully saturated rings. The first kappa shape index (κ1) is 17.4. The number of allylic oxidation sites excluding steroid dienone is 7. The maximum absolute atomic E-state index is 13.5. The van der Waals surface area contributed by atoms with Crippen molar-refractivity contribution in [2.75, 3.05) is 0 Å². The van der Waals surface area contributed by atoms with Crippen molar-refractivity contribution in [3.8, 4) is 0 Å². The van der Waals surface area contributed by atoms with Gasteiger partial charge in [0, 0.05) is 11.8 Å². The average Bonchev–Trinajstić information content (AvgIpc) is 3.05. The third kappa shape index (κ3) is 3.23. The van der Waals surface area contributed by atoms with Crippen molar-refractivity contribution in [1.82, 2.24) is 0 Å². The van der Waals surface area contributed by atoms with E-state index in [-0.39, 0.29) is 29.2 Å². The first-order valence-corrected chi connectivity index (χ1v) is 8.70. The summed E-state index contributed by atoms with van der Waals surface area (Å²) in [5.74, 6) is -0.0197. The Morgan fingerprint density at radius 1 is 1.32 bits per heavy atom. The molecule has 2 atom stereocenters. The van der Waals surface area contributed by atoms with E-state index in [4.69, 9.17) is 0 Å². The largest absolute Gasteiger partial charge is 0.511 e. The molecule has 3 heteroatoms. The van der Waals surface area contributed by atoms with Crippen LogP contribution in [-0.4, -0.2) is 10.9 Å². The Hall–Kier alpha value is -2.42. The summed E-state index contributed by atoms with van der Waals surface area (Å²) in [4.78, 5) is 12.9. The van der Waals surface area contributed by atoms with Crippen LogP contribution in [0, 0.1) is 17.7 Å². The Morgan fingerprint density at radius 3 is 2.72 bits per heavy atom. The zero-order valence-electron chi connectivity index (χ0n) is 14.7. The van der Waals surface area contributed by atoms with Crippen LogP contribution >= 0.6 is 0 Å². The molecule has 0 saturated heterocycles. The van der Waals surface area contributed by atoms with E-state index >= 15 is 0 Å².